The molecule has 3 aromatic rings. The Bertz CT molecular complexity index is 821. The van der Waals surface area contributed by atoms with Gasteiger partial charge in [0.05, 0.1) is 11.6 Å². The van der Waals surface area contributed by atoms with Crippen molar-refractivity contribution in [1.29, 1.82) is 0 Å². The molecule has 0 spiro atoms. The molecule has 2 aromatic carbocycles. The van der Waals surface area contributed by atoms with E-state index in [4.69, 9.17) is 5.11 Å². The zero-order valence-corrected chi connectivity index (χ0v) is 14.4. The zero-order chi connectivity index (χ0) is 18.2. The van der Waals surface area contributed by atoms with Crippen LogP contribution in [0.4, 0.5) is 0 Å². The first-order chi connectivity index (χ1) is 12.8. The minimum absolute atomic E-state index is 0.0914. The highest BCUT2D eigenvalue weighted by molar-refractivity contribution is 5.94. The van der Waals surface area contributed by atoms with Gasteiger partial charge in [-0.2, -0.15) is 0 Å². The van der Waals surface area contributed by atoms with Crippen molar-refractivity contribution < 1.29 is 9.90 Å². The largest absolute Gasteiger partial charge is 0.396 e. The van der Waals surface area contributed by atoms with Crippen LogP contribution in [-0.2, 0) is 0 Å². The van der Waals surface area contributed by atoms with Crippen LogP contribution in [0.1, 0.15) is 34.8 Å². The number of aliphatic hydroxyl groups excluding tert-OH is 1. The van der Waals surface area contributed by atoms with Crippen LogP contribution in [0.25, 0.3) is 11.4 Å². The molecule has 1 atom stereocenters. The number of hydrogen-bond donors (Lipinski definition) is 2. The summed E-state index contributed by atoms with van der Waals surface area (Å²) in [5.41, 5.74) is 2.33. The molecule has 2 N–H and O–H groups in total. The quantitative estimate of drug-likeness (QED) is 0.687. The fraction of sp³-hybridized carbons (Fsp3) is 0.190. The Morgan fingerprint density at radius 3 is 2.19 bits per heavy atom. The van der Waals surface area contributed by atoms with Crippen LogP contribution in [0.2, 0.25) is 0 Å². The van der Waals surface area contributed by atoms with Gasteiger partial charge in [-0.1, -0.05) is 60.7 Å². The van der Waals surface area contributed by atoms with Gasteiger partial charge < -0.3 is 10.4 Å². The van der Waals surface area contributed by atoms with Crippen LogP contribution in [0, 0.1) is 0 Å². The van der Waals surface area contributed by atoms with Gasteiger partial charge in [0, 0.05) is 24.6 Å². The van der Waals surface area contributed by atoms with Crippen LogP contribution in [-0.4, -0.2) is 27.6 Å². The van der Waals surface area contributed by atoms with E-state index in [0.29, 0.717) is 24.2 Å². The van der Waals surface area contributed by atoms with Crippen molar-refractivity contribution in [3.8, 4) is 11.4 Å². The number of aliphatic hydroxyl groups is 1. The van der Waals surface area contributed by atoms with Crippen molar-refractivity contribution >= 4 is 5.91 Å². The molecule has 0 aliphatic carbocycles. The minimum Gasteiger partial charge on any atom is -0.396 e. The van der Waals surface area contributed by atoms with E-state index in [2.05, 4.69) is 15.3 Å². The summed E-state index contributed by atoms with van der Waals surface area (Å²) < 4.78 is 0. The number of hydrogen-bond acceptors (Lipinski definition) is 4. The van der Waals surface area contributed by atoms with Gasteiger partial charge in [-0.15, -0.1) is 0 Å². The van der Waals surface area contributed by atoms with Crippen molar-refractivity contribution in [2.45, 2.75) is 18.9 Å². The zero-order valence-electron chi connectivity index (χ0n) is 14.4. The maximum atomic E-state index is 12.6. The summed E-state index contributed by atoms with van der Waals surface area (Å²) in [4.78, 5) is 21.2. The summed E-state index contributed by atoms with van der Waals surface area (Å²) in [7, 11) is 0. The first kappa shape index (κ1) is 17.8. The third-order valence-corrected chi connectivity index (χ3v) is 4.10. The van der Waals surface area contributed by atoms with Gasteiger partial charge in [0.15, 0.2) is 5.82 Å². The number of nitrogens with one attached hydrogen (secondary N) is 1. The molecular formula is C21H21N3O2. The maximum absolute atomic E-state index is 12.6. The summed E-state index contributed by atoms with van der Waals surface area (Å²) in [6.45, 7) is 0.0914. The summed E-state index contributed by atoms with van der Waals surface area (Å²) in [6.07, 6.45) is 4.36. The number of aromatic nitrogens is 2. The standard InChI is InChI=1S/C21H21N3O2/c25-13-7-12-19(16-8-3-1-4-9-16)24-21(26)18-14-22-20(23-15-18)17-10-5-2-6-11-17/h1-6,8-11,14-15,19,25H,7,12-13H2,(H,24,26). The van der Waals surface area contributed by atoms with Gasteiger partial charge in [0.1, 0.15) is 0 Å². The SMILES string of the molecule is O=C(NC(CCCO)c1ccccc1)c1cnc(-c2ccccc2)nc1. The third kappa shape index (κ3) is 4.52. The Balaban J connectivity index is 1.73. The average molecular weight is 347 g/mol. The van der Waals surface area contributed by atoms with Gasteiger partial charge >= 0.3 is 0 Å². The predicted molar refractivity (Wildman–Crippen MR) is 100 cm³/mol. The smallest absolute Gasteiger partial charge is 0.254 e. The van der Waals surface area contributed by atoms with Gasteiger partial charge in [0.2, 0.25) is 0 Å². The van der Waals surface area contributed by atoms with E-state index in [0.717, 1.165) is 11.1 Å². The normalized spacial score (nSPS) is 11.7. The molecule has 5 heteroatoms. The average Bonchev–Trinajstić information content (AvgIpc) is 2.72. The first-order valence-corrected chi connectivity index (χ1v) is 8.62. The summed E-state index contributed by atoms with van der Waals surface area (Å²) in [6, 6.07) is 19.2. The Morgan fingerprint density at radius 2 is 1.58 bits per heavy atom. The first-order valence-electron chi connectivity index (χ1n) is 8.62. The molecule has 0 bridgehead atoms. The topological polar surface area (TPSA) is 75.1 Å². The highest BCUT2D eigenvalue weighted by Crippen LogP contribution is 2.19. The Kier molecular flexibility index (Phi) is 6.06. The van der Waals surface area contributed by atoms with E-state index in [1.807, 2.05) is 60.7 Å². The fourth-order valence-electron chi connectivity index (χ4n) is 2.73. The van der Waals surface area contributed by atoms with E-state index in [1.54, 1.807) is 12.4 Å². The van der Waals surface area contributed by atoms with Crippen molar-refractivity contribution in [1.82, 2.24) is 15.3 Å². The molecule has 0 aliphatic heterocycles. The number of benzene rings is 2. The summed E-state index contributed by atoms with van der Waals surface area (Å²) in [5.74, 6) is 0.360. The van der Waals surface area contributed by atoms with Crippen molar-refractivity contribution in [2.24, 2.45) is 0 Å². The molecule has 26 heavy (non-hydrogen) atoms. The van der Waals surface area contributed by atoms with Gasteiger partial charge in [0.25, 0.3) is 5.91 Å². The molecule has 1 aromatic heterocycles. The molecule has 3 rings (SSSR count). The second-order valence-electron chi connectivity index (χ2n) is 5.96. The number of rotatable bonds is 7. The summed E-state index contributed by atoms with van der Waals surface area (Å²) >= 11 is 0. The lowest BCUT2D eigenvalue weighted by Crippen LogP contribution is -2.29. The van der Waals surface area contributed by atoms with Crippen LogP contribution in [0.3, 0.4) is 0 Å². The monoisotopic (exact) mass is 347 g/mol. The van der Waals surface area contributed by atoms with Crippen LogP contribution >= 0.6 is 0 Å². The molecule has 1 unspecified atom stereocenters. The van der Waals surface area contributed by atoms with Crippen LogP contribution < -0.4 is 5.32 Å². The molecule has 5 nitrogen and oxygen atoms in total. The molecule has 0 saturated heterocycles. The lowest BCUT2D eigenvalue weighted by Gasteiger charge is -2.19. The Morgan fingerprint density at radius 1 is 0.962 bits per heavy atom. The van der Waals surface area contributed by atoms with E-state index in [1.165, 1.54) is 0 Å². The predicted octanol–water partition coefficient (Wildman–Crippen LogP) is 3.39. The fourth-order valence-corrected chi connectivity index (χ4v) is 2.73. The van der Waals surface area contributed by atoms with E-state index < -0.39 is 0 Å². The molecule has 0 fully saturated rings. The lowest BCUT2D eigenvalue weighted by atomic mass is 10.0. The van der Waals surface area contributed by atoms with Crippen LogP contribution in [0.15, 0.2) is 73.1 Å². The van der Waals surface area contributed by atoms with E-state index >= 15 is 0 Å². The Labute approximate surface area is 152 Å². The minimum atomic E-state index is -0.226. The molecule has 132 valence electrons. The molecule has 0 aliphatic rings. The number of nitrogens with zero attached hydrogens (tertiary/aromatic N) is 2. The Hall–Kier alpha value is -3.05. The van der Waals surface area contributed by atoms with Crippen molar-refractivity contribution in [2.75, 3.05) is 6.61 Å². The number of amides is 1. The third-order valence-electron chi connectivity index (χ3n) is 4.10. The van der Waals surface area contributed by atoms with Gasteiger partial charge in [-0.05, 0) is 18.4 Å². The lowest BCUT2D eigenvalue weighted by molar-refractivity contribution is 0.0931. The molecule has 1 amide bonds. The molecule has 0 radical (unpaired) electrons. The van der Waals surface area contributed by atoms with Crippen molar-refractivity contribution in [3.05, 3.63) is 84.2 Å². The van der Waals surface area contributed by atoms with E-state index in [-0.39, 0.29) is 18.6 Å². The maximum Gasteiger partial charge on any atom is 0.254 e. The molecule has 0 saturated carbocycles. The van der Waals surface area contributed by atoms with Crippen LogP contribution in [0.5, 0.6) is 0 Å². The van der Waals surface area contributed by atoms with Gasteiger partial charge in [-0.25, -0.2) is 9.97 Å². The highest BCUT2D eigenvalue weighted by atomic mass is 16.3. The molecular weight excluding hydrogens is 326 g/mol. The summed E-state index contributed by atoms with van der Waals surface area (Å²) in [5, 5.41) is 12.1. The highest BCUT2D eigenvalue weighted by Gasteiger charge is 2.16. The second-order valence-corrected chi connectivity index (χ2v) is 5.96. The second kappa shape index (κ2) is 8.87. The number of carbonyl (C=O) groups excluding carboxylic acids is 1. The molecule has 1 heterocycles. The number of carbonyl (C=O) groups is 1. The van der Waals surface area contributed by atoms with E-state index in [9.17, 15) is 4.79 Å². The van der Waals surface area contributed by atoms with Gasteiger partial charge in [-0.3, -0.25) is 4.79 Å². The van der Waals surface area contributed by atoms with Crippen molar-refractivity contribution in [3.63, 3.8) is 0 Å².